The molecule has 0 spiro atoms. The lowest BCUT2D eigenvalue weighted by molar-refractivity contribution is -0.119. The number of hydrogen-bond acceptors (Lipinski definition) is 2. The predicted molar refractivity (Wildman–Crippen MR) is 63.7 cm³/mol. The number of anilines is 1. The zero-order chi connectivity index (χ0) is 11.5. The second-order valence-corrected chi connectivity index (χ2v) is 4.28. The Hall–Kier alpha value is -1.51. The Morgan fingerprint density at radius 1 is 1.50 bits per heavy atom. The largest absolute Gasteiger partial charge is 0.491 e. The van der Waals surface area contributed by atoms with Crippen LogP contribution in [0.15, 0.2) is 18.2 Å². The molecule has 86 valence electrons. The second kappa shape index (κ2) is 4.56. The normalized spacial score (nSPS) is 19.4. The first-order valence-electron chi connectivity index (χ1n) is 5.77. The van der Waals surface area contributed by atoms with Crippen molar-refractivity contribution in [1.82, 2.24) is 0 Å². The van der Waals surface area contributed by atoms with Crippen LogP contribution in [0.4, 0.5) is 5.69 Å². The summed E-state index contributed by atoms with van der Waals surface area (Å²) in [6, 6.07) is 6.01. The van der Waals surface area contributed by atoms with Gasteiger partial charge in [0.1, 0.15) is 5.75 Å². The minimum Gasteiger partial charge on any atom is -0.491 e. The molecule has 1 aromatic rings. The first-order valence-corrected chi connectivity index (χ1v) is 5.77. The summed E-state index contributed by atoms with van der Waals surface area (Å²) in [6.45, 7) is 4.46. The van der Waals surface area contributed by atoms with E-state index in [0.29, 0.717) is 6.61 Å². The van der Waals surface area contributed by atoms with E-state index in [9.17, 15) is 4.79 Å². The predicted octanol–water partition coefficient (Wildman–Crippen LogP) is 2.61. The van der Waals surface area contributed by atoms with Crippen molar-refractivity contribution in [3.05, 3.63) is 23.8 Å². The average Bonchev–Trinajstić information content (AvgIpc) is 2.40. The Balaban J connectivity index is 2.28. The minimum absolute atomic E-state index is 0.0346. The van der Waals surface area contributed by atoms with E-state index >= 15 is 0 Å². The first kappa shape index (κ1) is 11.0. The number of hydrogen-bond donors (Lipinski definition) is 1. The van der Waals surface area contributed by atoms with Gasteiger partial charge in [0.15, 0.2) is 0 Å². The number of fused-ring (bicyclic) bond motifs is 1. The number of nitrogens with one attached hydrogen (secondary N) is 1. The summed E-state index contributed by atoms with van der Waals surface area (Å²) in [7, 11) is 0. The van der Waals surface area contributed by atoms with Crippen LogP contribution in [0.2, 0.25) is 0 Å². The SMILES string of the molecule is CCCc1ccc2c(c1)NC(=O)C(C)CO2. The quantitative estimate of drug-likeness (QED) is 0.830. The Morgan fingerprint density at radius 2 is 2.31 bits per heavy atom. The molecule has 0 radical (unpaired) electrons. The molecule has 1 heterocycles. The van der Waals surface area contributed by atoms with Crippen LogP contribution in [0, 0.1) is 5.92 Å². The molecule has 1 atom stereocenters. The third-order valence-electron chi connectivity index (χ3n) is 2.78. The van der Waals surface area contributed by atoms with E-state index in [1.54, 1.807) is 0 Å². The van der Waals surface area contributed by atoms with Gasteiger partial charge < -0.3 is 10.1 Å². The molecule has 0 aliphatic carbocycles. The number of benzene rings is 1. The minimum atomic E-state index is -0.0953. The maximum atomic E-state index is 11.7. The summed E-state index contributed by atoms with van der Waals surface area (Å²) in [6.07, 6.45) is 2.13. The number of rotatable bonds is 2. The third-order valence-corrected chi connectivity index (χ3v) is 2.78. The molecule has 1 amide bonds. The van der Waals surface area contributed by atoms with Crippen LogP contribution in [0.3, 0.4) is 0 Å². The van der Waals surface area contributed by atoms with Crippen LogP contribution in [0.1, 0.15) is 25.8 Å². The van der Waals surface area contributed by atoms with Crippen molar-refractivity contribution in [2.24, 2.45) is 5.92 Å². The van der Waals surface area contributed by atoms with Gasteiger partial charge in [0.25, 0.3) is 0 Å². The van der Waals surface area contributed by atoms with E-state index in [4.69, 9.17) is 4.74 Å². The van der Waals surface area contributed by atoms with E-state index < -0.39 is 0 Å². The van der Waals surface area contributed by atoms with Crippen molar-refractivity contribution in [2.45, 2.75) is 26.7 Å². The molecule has 2 rings (SSSR count). The van der Waals surface area contributed by atoms with Gasteiger partial charge in [-0.25, -0.2) is 0 Å². The average molecular weight is 219 g/mol. The van der Waals surface area contributed by atoms with Gasteiger partial charge in [-0.2, -0.15) is 0 Å². The van der Waals surface area contributed by atoms with Gasteiger partial charge in [-0.3, -0.25) is 4.79 Å². The fraction of sp³-hybridized carbons (Fsp3) is 0.462. The Labute approximate surface area is 95.8 Å². The summed E-state index contributed by atoms with van der Waals surface area (Å²) < 4.78 is 5.58. The zero-order valence-corrected chi connectivity index (χ0v) is 9.75. The molecule has 1 aliphatic heterocycles. The van der Waals surface area contributed by atoms with E-state index in [2.05, 4.69) is 18.3 Å². The Morgan fingerprint density at radius 3 is 3.06 bits per heavy atom. The first-order chi connectivity index (χ1) is 7.70. The molecule has 1 aromatic carbocycles. The van der Waals surface area contributed by atoms with Gasteiger partial charge >= 0.3 is 0 Å². The molecule has 3 heteroatoms. The topological polar surface area (TPSA) is 38.3 Å². The maximum absolute atomic E-state index is 11.7. The van der Waals surface area contributed by atoms with Crippen molar-refractivity contribution in [1.29, 1.82) is 0 Å². The molecule has 0 aromatic heterocycles. The molecule has 0 saturated heterocycles. The number of amides is 1. The maximum Gasteiger partial charge on any atom is 0.230 e. The van der Waals surface area contributed by atoms with Crippen LogP contribution in [-0.2, 0) is 11.2 Å². The molecule has 1 unspecified atom stereocenters. The lowest BCUT2D eigenvalue weighted by atomic mass is 10.1. The van der Waals surface area contributed by atoms with E-state index in [0.717, 1.165) is 24.3 Å². The zero-order valence-electron chi connectivity index (χ0n) is 9.75. The summed E-state index contributed by atoms with van der Waals surface area (Å²) in [4.78, 5) is 11.7. The van der Waals surface area contributed by atoms with Crippen molar-refractivity contribution in [3.63, 3.8) is 0 Å². The number of carbonyl (C=O) groups is 1. The lowest BCUT2D eigenvalue weighted by Gasteiger charge is -2.08. The number of aryl methyl sites for hydroxylation is 1. The molecular formula is C13H17NO2. The van der Waals surface area contributed by atoms with Crippen LogP contribution in [0.5, 0.6) is 5.75 Å². The highest BCUT2D eigenvalue weighted by molar-refractivity contribution is 5.94. The molecule has 0 saturated carbocycles. The van der Waals surface area contributed by atoms with Crippen LogP contribution >= 0.6 is 0 Å². The lowest BCUT2D eigenvalue weighted by Crippen LogP contribution is -2.22. The van der Waals surface area contributed by atoms with E-state index in [1.165, 1.54) is 5.56 Å². The molecule has 3 nitrogen and oxygen atoms in total. The van der Waals surface area contributed by atoms with Crippen LogP contribution in [-0.4, -0.2) is 12.5 Å². The molecule has 0 bridgehead atoms. The summed E-state index contributed by atoms with van der Waals surface area (Å²) in [5.41, 5.74) is 2.04. The summed E-state index contributed by atoms with van der Waals surface area (Å²) >= 11 is 0. The van der Waals surface area contributed by atoms with Crippen LogP contribution < -0.4 is 10.1 Å². The summed E-state index contributed by atoms with van der Waals surface area (Å²) in [5, 5.41) is 2.91. The van der Waals surface area contributed by atoms with Gasteiger partial charge in [-0.05, 0) is 24.1 Å². The fourth-order valence-corrected chi connectivity index (χ4v) is 1.79. The monoisotopic (exact) mass is 219 g/mol. The Kier molecular flexibility index (Phi) is 3.13. The second-order valence-electron chi connectivity index (χ2n) is 4.28. The molecular weight excluding hydrogens is 202 g/mol. The van der Waals surface area contributed by atoms with Gasteiger partial charge in [0, 0.05) is 0 Å². The summed E-state index contributed by atoms with van der Waals surface area (Å²) in [5.74, 6) is 0.715. The number of carbonyl (C=O) groups excluding carboxylic acids is 1. The van der Waals surface area contributed by atoms with Gasteiger partial charge in [0.2, 0.25) is 5.91 Å². The highest BCUT2D eigenvalue weighted by Gasteiger charge is 2.20. The van der Waals surface area contributed by atoms with Crippen molar-refractivity contribution in [2.75, 3.05) is 11.9 Å². The van der Waals surface area contributed by atoms with Gasteiger partial charge in [-0.1, -0.05) is 26.3 Å². The van der Waals surface area contributed by atoms with E-state index in [-0.39, 0.29) is 11.8 Å². The molecule has 16 heavy (non-hydrogen) atoms. The van der Waals surface area contributed by atoms with Gasteiger partial charge in [-0.15, -0.1) is 0 Å². The van der Waals surface area contributed by atoms with E-state index in [1.807, 2.05) is 19.1 Å². The molecule has 1 aliphatic rings. The molecule has 1 N–H and O–H groups in total. The standard InChI is InChI=1S/C13H17NO2/c1-3-4-10-5-6-12-11(7-10)14-13(15)9(2)8-16-12/h5-7,9H,3-4,8H2,1-2H3,(H,14,15). The van der Waals surface area contributed by atoms with Gasteiger partial charge in [0.05, 0.1) is 18.2 Å². The smallest absolute Gasteiger partial charge is 0.230 e. The van der Waals surface area contributed by atoms with Crippen LogP contribution in [0.25, 0.3) is 0 Å². The Bertz CT molecular complexity index is 401. The fourth-order valence-electron chi connectivity index (χ4n) is 1.79. The van der Waals surface area contributed by atoms with Crippen molar-refractivity contribution in [3.8, 4) is 5.75 Å². The number of ether oxygens (including phenoxy) is 1. The third kappa shape index (κ3) is 2.18. The highest BCUT2D eigenvalue weighted by atomic mass is 16.5. The highest BCUT2D eigenvalue weighted by Crippen LogP contribution is 2.29. The van der Waals surface area contributed by atoms with Crippen molar-refractivity contribution >= 4 is 11.6 Å². The molecule has 0 fully saturated rings. The van der Waals surface area contributed by atoms with Crippen molar-refractivity contribution < 1.29 is 9.53 Å².